The Balaban J connectivity index is 2.93. The summed E-state index contributed by atoms with van der Waals surface area (Å²) in [5.74, 6) is 0. The Bertz CT molecular complexity index is 465. The maximum atomic E-state index is 8.84. The van der Waals surface area contributed by atoms with E-state index >= 15 is 0 Å². The molecule has 0 saturated heterocycles. The van der Waals surface area contributed by atoms with E-state index in [1.54, 1.807) is 23.7 Å². The van der Waals surface area contributed by atoms with Gasteiger partial charge in [0.25, 0.3) is 0 Å². The van der Waals surface area contributed by atoms with Gasteiger partial charge in [-0.25, -0.2) is 0 Å². The second-order valence-corrected chi connectivity index (χ2v) is 3.77. The first kappa shape index (κ1) is 7.26. The molecule has 0 fully saturated rings. The van der Waals surface area contributed by atoms with Crippen LogP contribution in [-0.2, 0) is 0 Å². The van der Waals surface area contributed by atoms with Gasteiger partial charge < -0.3 is 0 Å². The maximum absolute atomic E-state index is 8.84. The first-order chi connectivity index (χ1) is 5.83. The number of hydrogen-bond donors (Lipinski definition) is 0. The molecule has 0 aliphatic rings. The van der Waals surface area contributed by atoms with Crippen molar-refractivity contribution >= 4 is 21.4 Å². The van der Waals surface area contributed by atoms with Crippen LogP contribution in [0, 0.1) is 18.3 Å². The van der Waals surface area contributed by atoms with Gasteiger partial charge in [-0.2, -0.15) is 5.26 Å². The Labute approximate surface area is 74.1 Å². The van der Waals surface area contributed by atoms with Crippen molar-refractivity contribution < 1.29 is 0 Å². The molecule has 0 atom stereocenters. The first-order valence-electron chi connectivity index (χ1n) is 3.56. The quantitative estimate of drug-likeness (QED) is 0.615. The van der Waals surface area contributed by atoms with Crippen LogP contribution in [-0.4, -0.2) is 4.98 Å². The van der Waals surface area contributed by atoms with Crippen LogP contribution in [0.2, 0.25) is 0 Å². The van der Waals surface area contributed by atoms with Crippen LogP contribution in [0.25, 0.3) is 10.1 Å². The molecule has 2 nitrogen and oxygen atoms in total. The molecular formula is C9H6N2S. The summed E-state index contributed by atoms with van der Waals surface area (Å²) in [5, 5.41) is 9.86. The molecule has 2 rings (SSSR count). The Kier molecular flexibility index (Phi) is 1.56. The molecule has 0 saturated carbocycles. The first-order valence-corrected chi connectivity index (χ1v) is 4.38. The molecule has 12 heavy (non-hydrogen) atoms. The predicted molar refractivity (Wildman–Crippen MR) is 49.1 cm³/mol. The summed E-state index contributed by atoms with van der Waals surface area (Å²) in [6.07, 6.45) is 3.52. The zero-order valence-corrected chi connectivity index (χ0v) is 7.35. The topological polar surface area (TPSA) is 36.7 Å². The summed E-state index contributed by atoms with van der Waals surface area (Å²) in [7, 11) is 0. The van der Waals surface area contributed by atoms with E-state index in [1.165, 1.54) is 0 Å². The average molecular weight is 174 g/mol. The number of aromatic nitrogens is 1. The van der Waals surface area contributed by atoms with E-state index in [1.807, 2.05) is 13.0 Å². The highest BCUT2D eigenvalue weighted by Gasteiger charge is 2.06. The van der Waals surface area contributed by atoms with Gasteiger partial charge in [0.15, 0.2) is 0 Å². The molecule has 0 aliphatic heterocycles. The molecule has 0 spiro atoms. The molecule has 0 unspecified atom stereocenters. The van der Waals surface area contributed by atoms with E-state index in [2.05, 4.69) is 11.1 Å². The van der Waals surface area contributed by atoms with Gasteiger partial charge in [0.2, 0.25) is 0 Å². The van der Waals surface area contributed by atoms with Crippen LogP contribution in [0.3, 0.4) is 0 Å². The Morgan fingerprint density at radius 2 is 2.42 bits per heavy atom. The fraction of sp³-hybridized carbons (Fsp3) is 0.111. The summed E-state index contributed by atoms with van der Waals surface area (Å²) in [6, 6.07) is 4.09. The molecule has 0 radical (unpaired) electrons. The van der Waals surface area contributed by atoms with E-state index in [0.29, 0.717) is 0 Å². The van der Waals surface area contributed by atoms with E-state index in [0.717, 1.165) is 20.5 Å². The van der Waals surface area contributed by atoms with Gasteiger partial charge in [0, 0.05) is 22.7 Å². The van der Waals surface area contributed by atoms with Crippen LogP contribution in [0.4, 0.5) is 0 Å². The molecule has 0 aromatic carbocycles. The fourth-order valence-corrected chi connectivity index (χ4v) is 2.19. The van der Waals surface area contributed by atoms with Crippen molar-refractivity contribution in [1.29, 1.82) is 5.26 Å². The minimum Gasteiger partial charge on any atom is -0.263 e. The molecule has 0 N–H and O–H groups in total. The normalized spacial score (nSPS) is 10.0. The standard InChI is InChI=1S/C9H6N2S/c1-6-8(4-10)7-2-3-11-5-9(7)12-6/h2-3,5H,1H3. The predicted octanol–water partition coefficient (Wildman–Crippen LogP) is 2.48. The van der Waals surface area contributed by atoms with Gasteiger partial charge in [-0.05, 0) is 13.0 Å². The zero-order valence-electron chi connectivity index (χ0n) is 6.53. The van der Waals surface area contributed by atoms with E-state index in [-0.39, 0.29) is 0 Å². The van der Waals surface area contributed by atoms with Gasteiger partial charge in [0.1, 0.15) is 6.07 Å². The Morgan fingerprint density at radius 3 is 3.17 bits per heavy atom. The highest BCUT2D eigenvalue weighted by molar-refractivity contribution is 7.19. The van der Waals surface area contributed by atoms with Crippen LogP contribution >= 0.6 is 11.3 Å². The number of hydrogen-bond acceptors (Lipinski definition) is 3. The molecule has 0 bridgehead atoms. The van der Waals surface area contributed by atoms with Crippen molar-refractivity contribution in [3.8, 4) is 6.07 Å². The molecule has 58 valence electrons. The number of rotatable bonds is 0. The van der Waals surface area contributed by atoms with Crippen molar-refractivity contribution in [3.63, 3.8) is 0 Å². The summed E-state index contributed by atoms with van der Waals surface area (Å²) < 4.78 is 1.09. The SMILES string of the molecule is Cc1sc2cnccc2c1C#N. The molecule has 0 aliphatic carbocycles. The number of nitriles is 1. The summed E-state index contributed by atoms with van der Waals surface area (Å²) >= 11 is 1.62. The molecule has 2 heterocycles. The molecule has 2 aromatic heterocycles. The van der Waals surface area contributed by atoms with Gasteiger partial charge in [0.05, 0.1) is 10.3 Å². The van der Waals surface area contributed by atoms with Crippen LogP contribution in [0.5, 0.6) is 0 Å². The van der Waals surface area contributed by atoms with Crippen molar-refractivity contribution in [2.75, 3.05) is 0 Å². The Morgan fingerprint density at radius 1 is 1.58 bits per heavy atom. The largest absolute Gasteiger partial charge is 0.263 e. The van der Waals surface area contributed by atoms with Crippen LogP contribution in [0.1, 0.15) is 10.4 Å². The van der Waals surface area contributed by atoms with Gasteiger partial charge in [-0.15, -0.1) is 11.3 Å². The van der Waals surface area contributed by atoms with Crippen molar-refractivity contribution in [3.05, 3.63) is 28.9 Å². The molecular weight excluding hydrogens is 168 g/mol. The summed E-state index contributed by atoms with van der Waals surface area (Å²) in [6.45, 7) is 1.96. The number of pyridine rings is 1. The number of aryl methyl sites for hydroxylation is 1. The zero-order chi connectivity index (χ0) is 8.55. The average Bonchev–Trinajstić information content (AvgIpc) is 2.40. The lowest BCUT2D eigenvalue weighted by Gasteiger charge is -1.85. The molecule has 2 aromatic rings. The number of fused-ring (bicyclic) bond motifs is 1. The van der Waals surface area contributed by atoms with E-state index < -0.39 is 0 Å². The Hall–Kier alpha value is -1.40. The second kappa shape index (κ2) is 2.58. The third kappa shape index (κ3) is 0.892. The molecule has 3 heteroatoms. The van der Waals surface area contributed by atoms with Crippen molar-refractivity contribution in [2.45, 2.75) is 6.92 Å². The third-order valence-electron chi connectivity index (χ3n) is 1.78. The highest BCUT2D eigenvalue weighted by atomic mass is 32.1. The minimum atomic E-state index is 0.789. The highest BCUT2D eigenvalue weighted by Crippen LogP contribution is 2.28. The number of thiophene rings is 1. The minimum absolute atomic E-state index is 0.789. The number of nitrogens with zero attached hydrogens (tertiary/aromatic N) is 2. The maximum Gasteiger partial charge on any atom is 0.101 e. The van der Waals surface area contributed by atoms with E-state index in [9.17, 15) is 0 Å². The smallest absolute Gasteiger partial charge is 0.101 e. The molecule has 0 amide bonds. The lowest BCUT2D eigenvalue weighted by atomic mass is 10.2. The lowest BCUT2D eigenvalue weighted by molar-refractivity contribution is 1.37. The fourth-order valence-electron chi connectivity index (χ4n) is 1.21. The monoisotopic (exact) mass is 174 g/mol. The summed E-state index contributed by atoms with van der Waals surface area (Å²) in [5.41, 5.74) is 0.789. The van der Waals surface area contributed by atoms with Crippen molar-refractivity contribution in [2.24, 2.45) is 0 Å². The third-order valence-corrected chi connectivity index (χ3v) is 2.84. The van der Waals surface area contributed by atoms with Crippen LogP contribution in [0.15, 0.2) is 18.5 Å². The lowest BCUT2D eigenvalue weighted by Crippen LogP contribution is -1.73. The summed E-state index contributed by atoms with van der Waals surface area (Å²) in [4.78, 5) is 5.07. The van der Waals surface area contributed by atoms with E-state index in [4.69, 9.17) is 5.26 Å². The van der Waals surface area contributed by atoms with Gasteiger partial charge in [-0.1, -0.05) is 0 Å². The van der Waals surface area contributed by atoms with Gasteiger partial charge in [-0.3, -0.25) is 4.98 Å². The van der Waals surface area contributed by atoms with Crippen molar-refractivity contribution in [1.82, 2.24) is 4.98 Å². The van der Waals surface area contributed by atoms with Crippen LogP contribution < -0.4 is 0 Å². The second-order valence-electron chi connectivity index (χ2n) is 2.52. The van der Waals surface area contributed by atoms with Gasteiger partial charge >= 0.3 is 0 Å².